The highest BCUT2D eigenvalue weighted by molar-refractivity contribution is 7.09. The van der Waals surface area contributed by atoms with Gasteiger partial charge in [0.15, 0.2) is 0 Å². The van der Waals surface area contributed by atoms with Gasteiger partial charge >= 0.3 is 0 Å². The third-order valence-electron chi connectivity index (χ3n) is 3.52. The van der Waals surface area contributed by atoms with E-state index in [4.69, 9.17) is 5.11 Å². The molecule has 1 heterocycles. The van der Waals surface area contributed by atoms with E-state index in [0.717, 1.165) is 22.0 Å². The maximum absolute atomic E-state index is 12.2. The average Bonchev–Trinajstić information content (AvgIpc) is 2.97. The first-order chi connectivity index (χ1) is 11.6. The van der Waals surface area contributed by atoms with Crippen LogP contribution >= 0.6 is 11.3 Å². The Balaban J connectivity index is 1.92. The summed E-state index contributed by atoms with van der Waals surface area (Å²) in [5, 5.41) is 14.8. The predicted octanol–water partition coefficient (Wildman–Crippen LogP) is 2.61. The third kappa shape index (κ3) is 5.56. The fraction of sp³-hybridized carbons (Fsp3) is 0.333. The Labute approximate surface area is 146 Å². The van der Waals surface area contributed by atoms with Crippen LogP contribution in [-0.2, 0) is 17.8 Å². The van der Waals surface area contributed by atoms with E-state index in [2.05, 4.69) is 21.8 Å². The van der Waals surface area contributed by atoms with Crippen molar-refractivity contribution in [1.82, 2.24) is 9.88 Å². The number of amides is 1. The van der Waals surface area contributed by atoms with Crippen LogP contribution in [0.2, 0.25) is 0 Å². The molecule has 6 heteroatoms. The van der Waals surface area contributed by atoms with E-state index in [-0.39, 0.29) is 18.9 Å². The molecule has 0 aliphatic rings. The standard InChI is InChI=1S/C18H23N3O2S/c1-3-8-21(9-10-22)12-15-13-24-18(19-15)11-17(23)20-16-7-5-4-6-14(16)2/h3-7,13,22H,1,8-12H2,2H3,(H,20,23). The van der Waals surface area contributed by atoms with E-state index in [1.807, 2.05) is 36.6 Å². The zero-order valence-corrected chi connectivity index (χ0v) is 14.7. The van der Waals surface area contributed by atoms with Gasteiger partial charge in [-0.05, 0) is 18.6 Å². The van der Waals surface area contributed by atoms with Gasteiger partial charge in [-0.1, -0.05) is 24.3 Å². The second-order valence-electron chi connectivity index (χ2n) is 5.52. The molecule has 128 valence electrons. The second kappa shape index (κ2) is 9.32. The van der Waals surface area contributed by atoms with Crippen molar-refractivity contribution in [3.63, 3.8) is 0 Å². The minimum atomic E-state index is -0.0662. The molecule has 5 nitrogen and oxygen atoms in total. The molecule has 0 aliphatic carbocycles. The van der Waals surface area contributed by atoms with Crippen molar-refractivity contribution in [3.8, 4) is 0 Å². The highest BCUT2D eigenvalue weighted by atomic mass is 32.1. The van der Waals surface area contributed by atoms with Crippen LogP contribution in [0.5, 0.6) is 0 Å². The van der Waals surface area contributed by atoms with Gasteiger partial charge in [-0.15, -0.1) is 17.9 Å². The summed E-state index contributed by atoms with van der Waals surface area (Å²) in [6.07, 6.45) is 2.07. The van der Waals surface area contributed by atoms with Gasteiger partial charge in [0.25, 0.3) is 0 Å². The number of aromatic nitrogens is 1. The molecular formula is C18H23N3O2S. The number of hydrogen-bond acceptors (Lipinski definition) is 5. The lowest BCUT2D eigenvalue weighted by Gasteiger charge is -2.17. The average molecular weight is 345 g/mol. The topological polar surface area (TPSA) is 65.5 Å². The van der Waals surface area contributed by atoms with Crippen LogP contribution in [0.4, 0.5) is 5.69 Å². The Morgan fingerprint density at radius 3 is 2.96 bits per heavy atom. The van der Waals surface area contributed by atoms with Crippen LogP contribution in [0.25, 0.3) is 0 Å². The van der Waals surface area contributed by atoms with E-state index in [9.17, 15) is 4.79 Å². The molecule has 1 amide bonds. The van der Waals surface area contributed by atoms with Crippen LogP contribution in [0.15, 0.2) is 42.3 Å². The lowest BCUT2D eigenvalue weighted by molar-refractivity contribution is -0.115. The summed E-state index contributed by atoms with van der Waals surface area (Å²) in [6.45, 7) is 7.70. The van der Waals surface area contributed by atoms with Gasteiger partial charge < -0.3 is 10.4 Å². The summed E-state index contributed by atoms with van der Waals surface area (Å²) in [7, 11) is 0. The van der Waals surface area contributed by atoms with Crippen molar-refractivity contribution in [2.75, 3.05) is 25.0 Å². The van der Waals surface area contributed by atoms with E-state index in [1.54, 1.807) is 6.08 Å². The number of carbonyl (C=O) groups excluding carboxylic acids is 1. The van der Waals surface area contributed by atoms with Crippen molar-refractivity contribution in [2.45, 2.75) is 19.9 Å². The first kappa shape index (κ1) is 18.3. The molecule has 0 spiro atoms. The first-order valence-electron chi connectivity index (χ1n) is 7.85. The summed E-state index contributed by atoms with van der Waals surface area (Å²) in [6, 6.07) is 7.70. The SMILES string of the molecule is C=CCN(CCO)Cc1csc(CC(=O)Nc2ccccc2C)n1. The van der Waals surface area contributed by atoms with E-state index < -0.39 is 0 Å². The minimum absolute atomic E-state index is 0.0662. The van der Waals surface area contributed by atoms with Crippen molar-refractivity contribution in [3.05, 3.63) is 58.6 Å². The zero-order valence-electron chi connectivity index (χ0n) is 13.9. The molecule has 0 fully saturated rings. The lowest BCUT2D eigenvalue weighted by atomic mass is 10.2. The number of aliphatic hydroxyl groups excluding tert-OH is 1. The normalized spacial score (nSPS) is 10.8. The molecule has 0 bridgehead atoms. The number of carbonyl (C=O) groups is 1. The van der Waals surface area contributed by atoms with Gasteiger partial charge in [0.2, 0.25) is 5.91 Å². The van der Waals surface area contributed by atoms with E-state index >= 15 is 0 Å². The quantitative estimate of drug-likeness (QED) is 0.686. The number of rotatable bonds is 9. The van der Waals surface area contributed by atoms with Gasteiger partial charge in [-0.2, -0.15) is 0 Å². The second-order valence-corrected chi connectivity index (χ2v) is 6.46. The molecule has 0 radical (unpaired) electrons. The number of benzene rings is 1. The number of anilines is 1. The van der Waals surface area contributed by atoms with Crippen LogP contribution in [0, 0.1) is 6.92 Å². The molecule has 2 aromatic rings. The van der Waals surface area contributed by atoms with Crippen molar-refractivity contribution < 1.29 is 9.90 Å². The predicted molar refractivity (Wildman–Crippen MR) is 98.2 cm³/mol. The molecule has 0 saturated heterocycles. The monoisotopic (exact) mass is 345 g/mol. The number of hydrogen-bond donors (Lipinski definition) is 2. The Morgan fingerprint density at radius 2 is 2.25 bits per heavy atom. The van der Waals surface area contributed by atoms with E-state index in [0.29, 0.717) is 19.6 Å². The number of para-hydroxylation sites is 1. The maximum Gasteiger partial charge on any atom is 0.231 e. The number of thiazole rings is 1. The lowest BCUT2D eigenvalue weighted by Crippen LogP contribution is -2.26. The number of nitrogens with zero attached hydrogens (tertiary/aromatic N) is 2. The van der Waals surface area contributed by atoms with Crippen molar-refractivity contribution >= 4 is 22.9 Å². The van der Waals surface area contributed by atoms with Gasteiger partial charge in [0.05, 0.1) is 18.7 Å². The first-order valence-corrected chi connectivity index (χ1v) is 8.73. The number of aryl methyl sites for hydroxylation is 1. The highest BCUT2D eigenvalue weighted by Crippen LogP contribution is 2.16. The molecule has 1 aromatic carbocycles. The molecule has 24 heavy (non-hydrogen) atoms. The Bertz CT molecular complexity index is 684. The van der Waals surface area contributed by atoms with Crippen molar-refractivity contribution in [2.24, 2.45) is 0 Å². The molecular weight excluding hydrogens is 322 g/mol. The fourth-order valence-electron chi connectivity index (χ4n) is 2.34. The zero-order chi connectivity index (χ0) is 17.4. The molecule has 0 atom stereocenters. The van der Waals surface area contributed by atoms with Gasteiger partial charge in [-0.25, -0.2) is 4.98 Å². The molecule has 0 aliphatic heterocycles. The fourth-order valence-corrected chi connectivity index (χ4v) is 3.12. The molecule has 1 aromatic heterocycles. The Morgan fingerprint density at radius 1 is 1.46 bits per heavy atom. The van der Waals surface area contributed by atoms with Gasteiger partial charge in [-0.3, -0.25) is 9.69 Å². The highest BCUT2D eigenvalue weighted by Gasteiger charge is 2.11. The minimum Gasteiger partial charge on any atom is -0.395 e. The Kier molecular flexibility index (Phi) is 7.11. The summed E-state index contributed by atoms with van der Waals surface area (Å²) < 4.78 is 0. The summed E-state index contributed by atoms with van der Waals surface area (Å²) in [5.41, 5.74) is 2.78. The van der Waals surface area contributed by atoms with Crippen LogP contribution in [0.1, 0.15) is 16.3 Å². The molecule has 2 N–H and O–H groups in total. The van der Waals surface area contributed by atoms with Crippen molar-refractivity contribution in [1.29, 1.82) is 0 Å². The summed E-state index contributed by atoms with van der Waals surface area (Å²) >= 11 is 1.48. The van der Waals surface area contributed by atoms with Crippen LogP contribution in [0.3, 0.4) is 0 Å². The van der Waals surface area contributed by atoms with Crippen LogP contribution in [-0.4, -0.2) is 40.6 Å². The molecule has 0 unspecified atom stereocenters. The Hall–Kier alpha value is -2.02. The summed E-state index contributed by atoms with van der Waals surface area (Å²) in [5.74, 6) is -0.0662. The number of nitrogens with one attached hydrogen (secondary N) is 1. The maximum atomic E-state index is 12.2. The largest absolute Gasteiger partial charge is 0.395 e. The smallest absolute Gasteiger partial charge is 0.231 e. The van der Waals surface area contributed by atoms with Crippen LogP contribution < -0.4 is 5.32 Å². The summed E-state index contributed by atoms with van der Waals surface area (Å²) in [4.78, 5) is 18.7. The number of aliphatic hydroxyl groups is 1. The van der Waals surface area contributed by atoms with Gasteiger partial charge in [0, 0.05) is 30.7 Å². The van der Waals surface area contributed by atoms with E-state index in [1.165, 1.54) is 11.3 Å². The molecule has 0 saturated carbocycles. The molecule has 2 rings (SSSR count). The van der Waals surface area contributed by atoms with Gasteiger partial charge in [0.1, 0.15) is 5.01 Å². The third-order valence-corrected chi connectivity index (χ3v) is 4.42.